The topological polar surface area (TPSA) is 66.8 Å². The fourth-order valence-electron chi connectivity index (χ4n) is 2.17. The standard InChI is InChI=1S/C14H20O4/c1-4-9-14(17,13(15)16)10(2)11-7-5-6-8-12(11)18-3/h5-8,10,17H,4,9H2,1-3H3,(H,15,16). The number of para-hydroxylation sites is 1. The molecule has 0 bridgehead atoms. The van der Waals surface area contributed by atoms with Crippen LogP contribution in [-0.4, -0.2) is 28.9 Å². The zero-order valence-corrected chi connectivity index (χ0v) is 11.0. The molecule has 0 aromatic heterocycles. The number of hydrogen-bond acceptors (Lipinski definition) is 3. The Bertz CT molecular complexity index is 416. The number of benzene rings is 1. The van der Waals surface area contributed by atoms with Gasteiger partial charge in [0.15, 0.2) is 5.60 Å². The first kappa shape index (κ1) is 14.5. The Balaban J connectivity index is 3.17. The molecule has 0 saturated carbocycles. The van der Waals surface area contributed by atoms with Crippen LogP contribution in [0.1, 0.15) is 38.2 Å². The third-order valence-corrected chi connectivity index (χ3v) is 3.32. The van der Waals surface area contributed by atoms with Gasteiger partial charge in [0.05, 0.1) is 7.11 Å². The number of rotatable bonds is 6. The van der Waals surface area contributed by atoms with Gasteiger partial charge in [-0.1, -0.05) is 38.5 Å². The Labute approximate surface area is 107 Å². The molecule has 0 saturated heterocycles. The summed E-state index contributed by atoms with van der Waals surface area (Å²) in [5, 5.41) is 19.6. The second kappa shape index (κ2) is 5.87. The van der Waals surface area contributed by atoms with Crippen LogP contribution in [0.25, 0.3) is 0 Å². The monoisotopic (exact) mass is 252 g/mol. The number of carboxylic acids is 1. The predicted octanol–water partition coefficient (Wildman–Crippen LogP) is 2.41. The van der Waals surface area contributed by atoms with Crippen molar-refractivity contribution in [3.05, 3.63) is 29.8 Å². The molecule has 2 unspecified atom stereocenters. The molecule has 4 heteroatoms. The van der Waals surface area contributed by atoms with Crippen molar-refractivity contribution in [3.8, 4) is 5.75 Å². The van der Waals surface area contributed by atoms with Crippen molar-refractivity contribution in [2.24, 2.45) is 0 Å². The molecule has 1 rings (SSSR count). The summed E-state index contributed by atoms with van der Waals surface area (Å²) in [6, 6.07) is 7.17. The number of carbonyl (C=O) groups is 1. The van der Waals surface area contributed by atoms with Gasteiger partial charge in [-0.15, -0.1) is 0 Å². The fraction of sp³-hybridized carbons (Fsp3) is 0.500. The molecule has 18 heavy (non-hydrogen) atoms. The van der Waals surface area contributed by atoms with Crippen LogP contribution in [0.5, 0.6) is 5.75 Å². The van der Waals surface area contributed by atoms with E-state index in [0.29, 0.717) is 17.7 Å². The lowest BCUT2D eigenvalue weighted by atomic mass is 9.80. The van der Waals surface area contributed by atoms with Crippen LogP contribution < -0.4 is 4.74 Å². The zero-order chi connectivity index (χ0) is 13.8. The number of aliphatic carboxylic acids is 1. The minimum absolute atomic E-state index is 0.210. The van der Waals surface area contributed by atoms with Gasteiger partial charge in [0.25, 0.3) is 0 Å². The number of hydrogen-bond donors (Lipinski definition) is 2. The normalized spacial score (nSPS) is 15.8. The average Bonchev–Trinajstić information content (AvgIpc) is 2.37. The Morgan fingerprint density at radius 2 is 2.06 bits per heavy atom. The van der Waals surface area contributed by atoms with Gasteiger partial charge in [0, 0.05) is 11.5 Å². The van der Waals surface area contributed by atoms with Crippen molar-refractivity contribution >= 4 is 5.97 Å². The van der Waals surface area contributed by atoms with Crippen molar-refractivity contribution in [2.45, 2.75) is 38.2 Å². The number of methoxy groups -OCH3 is 1. The molecule has 0 amide bonds. The van der Waals surface area contributed by atoms with Gasteiger partial charge >= 0.3 is 5.97 Å². The largest absolute Gasteiger partial charge is 0.496 e. The summed E-state index contributed by atoms with van der Waals surface area (Å²) in [7, 11) is 1.53. The van der Waals surface area contributed by atoms with E-state index in [-0.39, 0.29) is 6.42 Å². The fourth-order valence-corrected chi connectivity index (χ4v) is 2.17. The summed E-state index contributed by atoms with van der Waals surface area (Å²) in [5.41, 5.74) is -1.05. The second-order valence-corrected chi connectivity index (χ2v) is 4.44. The maximum Gasteiger partial charge on any atom is 0.336 e. The summed E-state index contributed by atoms with van der Waals surface area (Å²) < 4.78 is 5.22. The quantitative estimate of drug-likeness (QED) is 0.816. The summed E-state index contributed by atoms with van der Waals surface area (Å²) >= 11 is 0. The molecule has 2 atom stereocenters. The van der Waals surface area contributed by atoms with Crippen LogP contribution >= 0.6 is 0 Å². The second-order valence-electron chi connectivity index (χ2n) is 4.44. The zero-order valence-electron chi connectivity index (χ0n) is 11.0. The van der Waals surface area contributed by atoms with Crippen molar-refractivity contribution < 1.29 is 19.7 Å². The van der Waals surface area contributed by atoms with Crippen LogP contribution in [0.15, 0.2) is 24.3 Å². The van der Waals surface area contributed by atoms with Gasteiger partial charge in [0.1, 0.15) is 5.75 Å². The van der Waals surface area contributed by atoms with Gasteiger partial charge in [0.2, 0.25) is 0 Å². The molecule has 0 heterocycles. The minimum atomic E-state index is -1.76. The van der Waals surface area contributed by atoms with E-state index in [1.54, 1.807) is 19.1 Å². The van der Waals surface area contributed by atoms with E-state index in [9.17, 15) is 15.0 Å². The third-order valence-electron chi connectivity index (χ3n) is 3.32. The lowest BCUT2D eigenvalue weighted by molar-refractivity contribution is -0.161. The SMILES string of the molecule is CCCC(O)(C(=O)O)C(C)c1ccccc1OC. The lowest BCUT2D eigenvalue weighted by Gasteiger charge is -2.30. The lowest BCUT2D eigenvalue weighted by Crippen LogP contribution is -2.43. The Hall–Kier alpha value is -1.55. The molecule has 100 valence electrons. The Kier molecular flexibility index (Phi) is 4.73. The van der Waals surface area contributed by atoms with E-state index in [1.165, 1.54) is 7.11 Å². The highest BCUT2D eigenvalue weighted by Gasteiger charge is 2.42. The maximum absolute atomic E-state index is 11.3. The molecule has 2 N–H and O–H groups in total. The maximum atomic E-state index is 11.3. The average molecular weight is 252 g/mol. The van der Waals surface area contributed by atoms with E-state index in [1.807, 2.05) is 19.1 Å². The summed E-state index contributed by atoms with van der Waals surface area (Å²) in [4.78, 5) is 11.3. The van der Waals surface area contributed by atoms with Crippen molar-refractivity contribution in [3.63, 3.8) is 0 Å². The van der Waals surface area contributed by atoms with Crippen molar-refractivity contribution in [2.75, 3.05) is 7.11 Å². The molecule has 0 aliphatic carbocycles. The van der Waals surface area contributed by atoms with E-state index in [4.69, 9.17) is 4.74 Å². The number of ether oxygens (including phenoxy) is 1. The first-order valence-corrected chi connectivity index (χ1v) is 6.06. The van der Waals surface area contributed by atoms with E-state index >= 15 is 0 Å². The first-order chi connectivity index (χ1) is 8.47. The van der Waals surface area contributed by atoms with Crippen LogP contribution in [0.3, 0.4) is 0 Å². The Morgan fingerprint density at radius 3 is 2.56 bits per heavy atom. The van der Waals surface area contributed by atoms with Crippen LogP contribution in [0.2, 0.25) is 0 Å². The number of aliphatic hydroxyl groups is 1. The molecule has 1 aromatic carbocycles. The molecule has 0 spiro atoms. The van der Waals surface area contributed by atoms with Gasteiger partial charge in [-0.3, -0.25) is 0 Å². The molecule has 0 fully saturated rings. The van der Waals surface area contributed by atoms with E-state index in [2.05, 4.69) is 0 Å². The van der Waals surface area contributed by atoms with E-state index in [0.717, 1.165) is 0 Å². The molecule has 0 radical (unpaired) electrons. The summed E-state index contributed by atoms with van der Waals surface area (Å²) in [5.74, 6) is -1.13. The molecular formula is C14H20O4. The Morgan fingerprint density at radius 1 is 1.44 bits per heavy atom. The van der Waals surface area contributed by atoms with Crippen LogP contribution in [0.4, 0.5) is 0 Å². The highest BCUT2D eigenvalue weighted by Crippen LogP contribution is 2.36. The highest BCUT2D eigenvalue weighted by molar-refractivity contribution is 5.78. The molecule has 0 aliphatic rings. The van der Waals surface area contributed by atoms with Crippen molar-refractivity contribution in [1.82, 2.24) is 0 Å². The van der Waals surface area contributed by atoms with Crippen LogP contribution in [-0.2, 0) is 4.79 Å². The van der Waals surface area contributed by atoms with Gasteiger partial charge in [-0.05, 0) is 12.5 Å². The van der Waals surface area contributed by atoms with Gasteiger partial charge < -0.3 is 14.9 Å². The molecule has 4 nitrogen and oxygen atoms in total. The van der Waals surface area contributed by atoms with Gasteiger partial charge in [-0.2, -0.15) is 0 Å². The summed E-state index contributed by atoms with van der Waals surface area (Å²) in [6.07, 6.45) is 0.809. The molecule has 1 aromatic rings. The highest BCUT2D eigenvalue weighted by atomic mass is 16.5. The van der Waals surface area contributed by atoms with Crippen LogP contribution in [0, 0.1) is 0 Å². The number of carboxylic acid groups (broad SMARTS) is 1. The third kappa shape index (κ3) is 2.64. The molecular weight excluding hydrogens is 232 g/mol. The molecule has 0 aliphatic heterocycles. The van der Waals surface area contributed by atoms with Crippen molar-refractivity contribution in [1.29, 1.82) is 0 Å². The summed E-state index contributed by atoms with van der Waals surface area (Å²) in [6.45, 7) is 3.56. The minimum Gasteiger partial charge on any atom is -0.496 e. The van der Waals surface area contributed by atoms with Gasteiger partial charge in [-0.25, -0.2) is 4.79 Å². The predicted molar refractivity (Wildman–Crippen MR) is 68.9 cm³/mol. The first-order valence-electron chi connectivity index (χ1n) is 6.06. The van der Waals surface area contributed by atoms with E-state index < -0.39 is 17.5 Å². The smallest absolute Gasteiger partial charge is 0.336 e.